The van der Waals surface area contributed by atoms with Gasteiger partial charge in [-0.15, -0.1) is 0 Å². The number of carboxylic acid groups (broad SMARTS) is 1. The van der Waals surface area contributed by atoms with E-state index < -0.39 is 5.97 Å². The summed E-state index contributed by atoms with van der Waals surface area (Å²) in [4.78, 5) is 14.8. The molecule has 0 saturated carbocycles. The lowest BCUT2D eigenvalue weighted by Gasteiger charge is -2.22. The molecule has 2 rings (SSSR count). The minimum absolute atomic E-state index is 0.0531. The molecule has 0 aromatic rings. The van der Waals surface area contributed by atoms with Crippen molar-refractivity contribution < 1.29 is 9.90 Å². The van der Waals surface area contributed by atoms with Crippen molar-refractivity contribution in [2.24, 2.45) is 10.9 Å². The van der Waals surface area contributed by atoms with Crippen molar-refractivity contribution in [3.05, 3.63) is 34.5 Å². The van der Waals surface area contributed by atoms with Gasteiger partial charge in [0, 0.05) is 12.1 Å². The summed E-state index contributed by atoms with van der Waals surface area (Å²) < 4.78 is 0. The van der Waals surface area contributed by atoms with Crippen LogP contribution in [0.25, 0.3) is 0 Å². The number of nitrogens with zero attached hydrogens (tertiary/aromatic N) is 1. The van der Waals surface area contributed by atoms with Gasteiger partial charge in [0.15, 0.2) is 0 Å². The molecule has 1 unspecified atom stereocenters. The van der Waals surface area contributed by atoms with E-state index in [1.807, 2.05) is 12.2 Å². The van der Waals surface area contributed by atoms with Crippen LogP contribution in [0.15, 0.2) is 39.5 Å². The first kappa shape index (κ1) is 10.2. The number of hydrogen-bond acceptors (Lipinski definition) is 2. The number of halogens is 1. The van der Waals surface area contributed by atoms with Crippen LogP contribution in [0.4, 0.5) is 0 Å². The summed E-state index contributed by atoms with van der Waals surface area (Å²) in [5.74, 6) is -0.681. The Labute approximate surface area is 92.5 Å². The van der Waals surface area contributed by atoms with Crippen molar-refractivity contribution in [2.75, 3.05) is 0 Å². The zero-order chi connectivity index (χ0) is 10.8. The molecule has 0 saturated heterocycles. The van der Waals surface area contributed by atoms with Gasteiger partial charge in [0.1, 0.15) is 0 Å². The molecule has 15 heavy (non-hydrogen) atoms. The fraction of sp³-hybridized carbons (Fsp3) is 0.273. The van der Waals surface area contributed by atoms with E-state index in [1.165, 1.54) is 0 Å². The van der Waals surface area contributed by atoms with Crippen LogP contribution in [0.5, 0.6) is 0 Å². The SMILES string of the molecule is O=C(O)CC1=CC(Cl)=C2N=CC=CC2C1. The minimum atomic E-state index is -0.822. The predicted molar refractivity (Wildman–Crippen MR) is 59.0 cm³/mol. The Bertz CT molecular complexity index is 418. The highest BCUT2D eigenvalue weighted by atomic mass is 35.5. The molecule has 0 aromatic heterocycles. The second-order valence-electron chi connectivity index (χ2n) is 3.58. The molecule has 2 aliphatic rings. The van der Waals surface area contributed by atoms with Gasteiger partial charge in [-0.25, -0.2) is 0 Å². The molecule has 1 aliphatic heterocycles. The number of carbonyl (C=O) groups is 1. The van der Waals surface area contributed by atoms with Gasteiger partial charge in [0.25, 0.3) is 0 Å². The summed E-state index contributed by atoms with van der Waals surface area (Å²) in [5.41, 5.74) is 1.69. The number of rotatable bonds is 2. The van der Waals surface area contributed by atoms with Crippen LogP contribution in [0.1, 0.15) is 12.8 Å². The van der Waals surface area contributed by atoms with Crippen LogP contribution in [-0.2, 0) is 4.79 Å². The van der Waals surface area contributed by atoms with Crippen LogP contribution in [0.3, 0.4) is 0 Å². The van der Waals surface area contributed by atoms with E-state index in [0.29, 0.717) is 11.5 Å². The molecule has 3 nitrogen and oxygen atoms in total. The summed E-state index contributed by atoms with van der Waals surface area (Å²) in [6.45, 7) is 0. The highest BCUT2D eigenvalue weighted by Gasteiger charge is 2.23. The van der Waals surface area contributed by atoms with Crippen LogP contribution < -0.4 is 0 Å². The maximum atomic E-state index is 10.6. The molecule has 0 radical (unpaired) electrons. The Morgan fingerprint density at radius 2 is 2.47 bits per heavy atom. The molecule has 0 amide bonds. The van der Waals surface area contributed by atoms with E-state index >= 15 is 0 Å². The monoisotopic (exact) mass is 223 g/mol. The average molecular weight is 224 g/mol. The van der Waals surface area contributed by atoms with E-state index in [1.54, 1.807) is 12.3 Å². The molecular weight excluding hydrogens is 214 g/mol. The van der Waals surface area contributed by atoms with Crippen molar-refractivity contribution in [3.63, 3.8) is 0 Å². The van der Waals surface area contributed by atoms with Crippen molar-refractivity contribution >= 4 is 23.8 Å². The van der Waals surface area contributed by atoms with E-state index in [2.05, 4.69) is 4.99 Å². The van der Waals surface area contributed by atoms with E-state index in [-0.39, 0.29) is 12.3 Å². The molecule has 0 spiro atoms. The molecule has 4 heteroatoms. The van der Waals surface area contributed by atoms with Gasteiger partial charge in [-0.05, 0) is 18.6 Å². The molecule has 0 fully saturated rings. The number of aliphatic carboxylic acids is 1. The normalized spacial score (nSPS) is 23.8. The zero-order valence-corrected chi connectivity index (χ0v) is 8.74. The van der Waals surface area contributed by atoms with Crippen LogP contribution in [-0.4, -0.2) is 17.3 Å². The predicted octanol–water partition coefficient (Wildman–Crippen LogP) is 2.50. The number of fused-ring (bicyclic) bond motifs is 1. The summed E-state index contributed by atoms with van der Waals surface area (Å²) in [6, 6.07) is 0. The standard InChI is InChI=1S/C11H10ClNO2/c12-9-5-7(6-10(14)15)4-8-2-1-3-13-11(8)9/h1-3,5,8H,4,6H2,(H,14,15). The summed E-state index contributed by atoms with van der Waals surface area (Å²) >= 11 is 6.03. The van der Waals surface area contributed by atoms with Gasteiger partial charge >= 0.3 is 5.97 Å². The van der Waals surface area contributed by atoms with Crippen LogP contribution in [0.2, 0.25) is 0 Å². The Morgan fingerprint density at radius 3 is 3.20 bits per heavy atom. The van der Waals surface area contributed by atoms with Gasteiger partial charge < -0.3 is 5.11 Å². The van der Waals surface area contributed by atoms with Crippen LogP contribution in [0, 0.1) is 5.92 Å². The molecule has 1 atom stereocenters. The molecule has 1 aliphatic carbocycles. The first-order valence-electron chi connectivity index (χ1n) is 4.68. The van der Waals surface area contributed by atoms with Gasteiger partial charge in [0.2, 0.25) is 0 Å². The lowest BCUT2D eigenvalue weighted by atomic mass is 9.88. The molecule has 1 N–H and O–H groups in total. The van der Waals surface area contributed by atoms with Gasteiger partial charge in [-0.2, -0.15) is 0 Å². The maximum absolute atomic E-state index is 10.6. The first-order valence-corrected chi connectivity index (χ1v) is 5.06. The Kier molecular flexibility index (Phi) is 2.73. The quantitative estimate of drug-likeness (QED) is 0.782. The third-order valence-electron chi connectivity index (χ3n) is 2.43. The van der Waals surface area contributed by atoms with E-state index in [4.69, 9.17) is 16.7 Å². The highest BCUT2D eigenvalue weighted by Crippen LogP contribution is 2.35. The largest absolute Gasteiger partial charge is 0.481 e. The number of dihydropyridines is 1. The average Bonchev–Trinajstić information content (AvgIpc) is 2.16. The summed E-state index contributed by atoms with van der Waals surface area (Å²) in [5, 5.41) is 9.26. The summed E-state index contributed by atoms with van der Waals surface area (Å²) in [6.07, 6.45) is 8.03. The second kappa shape index (κ2) is 4.03. The lowest BCUT2D eigenvalue weighted by molar-refractivity contribution is -0.136. The highest BCUT2D eigenvalue weighted by molar-refractivity contribution is 6.31. The van der Waals surface area contributed by atoms with Crippen molar-refractivity contribution in [1.82, 2.24) is 0 Å². The van der Waals surface area contributed by atoms with E-state index in [9.17, 15) is 4.79 Å². The third kappa shape index (κ3) is 2.18. The molecule has 1 heterocycles. The van der Waals surface area contributed by atoms with Gasteiger partial charge in [-0.1, -0.05) is 23.3 Å². The molecular formula is C11H10ClNO2. The smallest absolute Gasteiger partial charge is 0.307 e. The Hall–Kier alpha value is -1.35. The first-order chi connectivity index (χ1) is 7.16. The Morgan fingerprint density at radius 1 is 1.67 bits per heavy atom. The van der Waals surface area contributed by atoms with Gasteiger partial charge in [-0.3, -0.25) is 9.79 Å². The fourth-order valence-corrected chi connectivity index (χ4v) is 2.15. The topological polar surface area (TPSA) is 49.7 Å². The molecule has 78 valence electrons. The number of hydrogen-bond donors (Lipinski definition) is 1. The fourth-order valence-electron chi connectivity index (χ4n) is 1.81. The third-order valence-corrected chi connectivity index (χ3v) is 2.73. The number of carboxylic acids is 1. The minimum Gasteiger partial charge on any atom is -0.481 e. The van der Waals surface area contributed by atoms with Crippen molar-refractivity contribution in [1.29, 1.82) is 0 Å². The van der Waals surface area contributed by atoms with E-state index in [0.717, 1.165) is 11.3 Å². The maximum Gasteiger partial charge on any atom is 0.307 e. The van der Waals surface area contributed by atoms with Crippen LogP contribution >= 0.6 is 11.6 Å². The van der Waals surface area contributed by atoms with Gasteiger partial charge in [0.05, 0.1) is 17.2 Å². The van der Waals surface area contributed by atoms with Crippen molar-refractivity contribution in [3.8, 4) is 0 Å². The van der Waals surface area contributed by atoms with Crippen molar-refractivity contribution in [2.45, 2.75) is 12.8 Å². The molecule has 0 aromatic carbocycles. The zero-order valence-electron chi connectivity index (χ0n) is 7.98. The number of allylic oxidation sites excluding steroid dienone is 4. The second-order valence-corrected chi connectivity index (χ2v) is 3.99. The summed E-state index contributed by atoms with van der Waals surface area (Å²) in [7, 11) is 0. The Balaban J connectivity index is 2.27. The molecule has 0 bridgehead atoms. The lowest BCUT2D eigenvalue weighted by Crippen LogP contribution is -2.12. The number of aliphatic imine (C=N–C) groups is 1.